The molecule has 102 valence electrons. The summed E-state index contributed by atoms with van der Waals surface area (Å²) in [5.41, 5.74) is 0.356. The van der Waals surface area contributed by atoms with Crippen molar-refractivity contribution in [3.8, 4) is 0 Å². The number of hydrogen-bond acceptors (Lipinski definition) is 4. The van der Waals surface area contributed by atoms with Crippen molar-refractivity contribution in [3.63, 3.8) is 0 Å². The number of nitrogens with zero attached hydrogens (tertiary/aromatic N) is 2. The predicted octanol–water partition coefficient (Wildman–Crippen LogP) is 1.65. The van der Waals surface area contributed by atoms with Crippen LogP contribution in [0.4, 0.5) is 5.82 Å². The number of carboxylic acids is 1. The van der Waals surface area contributed by atoms with Gasteiger partial charge in [0.25, 0.3) is 0 Å². The molecule has 1 aromatic heterocycles. The van der Waals surface area contributed by atoms with Crippen molar-refractivity contribution in [1.82, 2.24) is 9.78 Å². The molecule has 0 fully saturated rings. The summed E-state index contributed by atoms with van der Waals surface area (Å²) in [6.45, 7) is 8.65. The lowest BCUT2D eigenvalue weighted by Gasteiger charge is -2.25. The van der Waals surface area contributed by atoms with Gasteiger partial charge in [-0.1, -0.05) is 0 Å². The molecule has 18 heavy (non-hydrogen) atoms. The highest BCUT2D eigenvalue weighted by Gasteiger charge is 2.23. The summed E-state index contributed by atoms with van der Waals surface area (Å²) >= 11 is 0. The molecule has 2 N–H and O–H groups in total. The van der Waals surface area contributed by atoms with Crippen LogP contribution in [0, 0.1) is 6.92 Å². The quantitative estimate of drug-likeness (QED) is 0.808. The molecule has 0 aromatic carbocycles. The molecule has 0 aliphatic carbocycles. The Morgan fingerprint density at radius 2 is 2.17 bits per heavy atom. The fraction of sp³-hybridized carbons (Fsp3) is 0.667. The smallest absolute Gasteiger partial charge is 0.341 e. The van der Waals surface area contributed by atoms with Crippen molar-refractivity contribution in [1.29, 1.82) is 0 Å². The molecule has 0 saturated carbocycles. The maximum absolute atomic E-state index is 11.2. The number of anilines is 1. The maximum Gasteiger partial charge on any atom is 0.341 e. The average molecular weight is 255 g/mol. The minimum atomic E-state index is -0.975. The van der Waals surface area contributed by atoms with Crippen LogP contribution in [-0.2, 0) is 11.8 Å². The lowest BCUT2D eigenvalue weighted by Crippen LogP contribution is -2.34. The summed E-state index contributed by atoms with van der Waals surface area (Å²) in [6, 6.07) is 0. The summed E-state index contributed by atoms with van der Waals surface area (Å²) in [5.74, 6) is -0.468. The van der Waals surface area contributed by atoms with Gasteiger partial charge in [0, 0.05) is 20.2 Å². The van der Waals surface area contributed by atoms with Crippen LogP contribution in [0.1, 0.15) is 36.8 Å². The number of hydrogen-bond donors (Lipinski definition) is 2. The van der Waals surface area contributed by atoms with E-state index in [1.807, 2.05) is 20.8 Å². The number of nitrogens with one attached hydrogen (secondary N) is 1. The van der Waals surface area contributed by atoms with E-state index >= 15 is 0 Å². The third-order valence-corrected chi connectivity index (χ3v) is 2.65. The Balaban J connectivity index is 2.88. The molecule has 0 aliphatic heterocycles. The first kappa shape index (κ1) is 14.5. The first-order chi connectivity index (χ1) is 8.28. The molecule has 0 atom stereocenters. The van der Waals surface area contributed by atoms with Crippen molar-refractivity contribution >= 4 is 11.8 Å². The first-order valence-corrected chi connectivity index (χ1v) is 5.93. The number of aromatic carboxylic acids is 1. The summed E-state index contributed by atoms with van der Waals surface area (Å²) in [4.78, 5) is 11.2. The van der Waals surface area contributed by atoms with E-state index in [-0.39, 0.29) is 11.2 Å². The number of ether oxygens (including phenoxy) is 1. The standard InChI is InChI=1S/C12H21N3O3/c1-6-18-12(3,4)7-13-10-9(11(16)17)8(2)14-15(10)5/h13H,6-7H2,1-5H3,(H,16,17). The van der Waals surface area contributed by atoms with Gasteiger partial charge in [0.05, 0.1) is 11.3 Å². The van der Waals surface area contributed by atoms with Crippen molar-refractivity contribution < 1.29 is 14.6 Å². The predicted molar refractivity (Wildman–Crippen MR) is 69.1 cm³/mol. The van der Waals surface area contributed by atoms with Crippen molar-refractivity contribution in [2.75, 3.05) is 18.5 Å². The fourth-order valence-corrected chi connectivity index (χ4v) is 1.86. The van der Waals surface area contributed by atoms with E-state index in [2.05, 4.69) is 10.4 Å². The van der Waals surface area contributed by atoms with Crippen LogP contribution in [0.3, 0.4) is 0 Å². The minimum absolute atomic E-state index is 0.213. The topological polar surface area (TPSA) is 76.4 Å². The van der Waals surface area contributed by atoms with E-state index in [1.165, 1.54) is 0 Å². The molecule has 0 unspecified atom stereocenters. The third kappa shape index (κ3) is 3.22. The average Bonchev–Trinajstić information content (AvgIpc) is 2.50. The zero-order valence-corrected chi connectivity index (χ0v) is 11.6. The van der Waals surface area contributed by atoms with Crippen LogP contribution >= 0.6 is 0 Å². The Hall–Kier alpha value is -1.56. The minimum Gasteiger partial charge on any atom is -0.477 e. The van der Waals surface area contributed by atoms with Gasteiger partial charge >= 0.3 is 5.97 Å². The van der Waals surface area contributed by atoms with Gasteiger partial charge in [-0.15, -0.1) is 0 Å². The molecule has 0 spiro atoms. The number of aromatic nitrogens is 2. The molecule has 1 heterocycles. The Morgan fingerprint density at radius 1 is 1.56 bits per heavy atom. The van der Waals surface area contributed by atoms with E-state index in [1.54, 1.807) is 18.7 Å². The number of carboxylic acid groups (broad SMARTS) is 1. The zero-order chi connectivity index (χ0) is 13.9. The number of aryl methyl sites for hydroxylation is 2. The van der Waals surface area contributed by atoms with E-state index in [4.69, 9.17) is 9.84 Å². The normalized spacial score (nSPS) is 11.6. The highest BCUT2D eigenvalue weighted by molar-refractivity contribution is 5.94. The van der Waals surface area contributed by atoms with Crippen LogP contribution < -0.4 is 5.32 Å². The molecule has 6 heteroatoms. The van der Waals surface area contributed by atoms with E-state index in [0.717, 1.165) is 0 Å². The fourth-order valence-electron chi connectivity index (χ4n) is 1.86. The molecule has 0 radical (unpaired) electrons. The van der Waals surface area contributed by atoms with E-state index in [0.29, 0.717) is 24.7 Å². The van der Waals surface area contributed by atoms with Gasteiger partial charge < -0.3 is 15.2 Å². The highest BCUT2D eigenvalue weighted by atomic mass is 16.5. The summed E-state index contributed by atoms with van der Waals surface area (Å²) in [5, 5.41) is 16.4. The molecule has 0 amide bonds. The van der Waals surface area contributed by atoms with Crippen molar-refractivity contribution in [2.24, 2.45) is 7.05 Å². The summed E-state index contributed by atoms with van der Waals surface area (Å²) < 4.78 is 7.10. The molecule has 0 saturated heterocycles. The van der Waals surface area contributed by atoms with Gasteiger partial charge in [-0.2, -0.15) is 5.10 Å². The van der Waals surface area contributed by atoms with Crippen LogP contribution in [0.2, 0.25) is 0 Å². The van der Waals surface area contributed by atoms with E-state index in [9.17, 15) is 4.79 Å². The zero-order valence-electron chi connectivity index (χ0n) is 11.6. The van der Waals surface area contributed by atoms with Crippen molar-refractivity contribution in [2.45, 2.75) is 33.3 Å². The summed E-state index contributed by atoms with van der Waals surface area (Å²) in [6.07, 6.45) is 0. The van der Waals surface area contributed by atoms with Gasteiger partial charge in [-0.05, 0) is 27.7 Å². The van der Waals surface area contributed by atoms with Crippen molar-refractivity contribution in [3.05, 3.63) is 11.3 Å². The van der Waals surface area contributed by atoms with Crippen LogP contribution in [-0.4, -0.2) is 39.6 Å². The highest BCUT2D eigenvalue weighted by Crippen LogP contribution is 2.20. The number of rotatable bonds is 6. The third-order valence-electron chi connectivity index (χ3n) is 2.65. The second-order valence-electron chi connectivity index (χ2n) is 4.78. The Kier molecular flexibility index (Phi) is 4.34. The van der Waals surface area contributed by atoms with Crippen LogP contribution in [0.25, 0.3) is 0 Å². The molecular formula is C12H21N3O3. The number of carbonyl (C=O) groups is 1. The molecule has 1 aromatic rings. The molecule has 0 bridgehead atoms. The molecule has 0 aliphatic rings. The van der Waals surface area contributed by atoms with Gasteiger partial charge in [0.15, 0.2) is 0 Å². The van der Waals surface area contributed by atoms with E-state index < -0.39 is 5.97 Å². The molecule has 1 rings (SSSR count). The van der Waals surface area contributed by atoms with Gasteiger partial charge in [0.1, 0.15) is 11.4 Å². The molecule has 6 nitrogen and oxygen atoms in total. The second kappa shape index (κ2) is 5.39. The van der Waals surface area contributed by atoms with Gasteiger partial charge in [-0.3, -0.25) is 4.68 Å². The largest absolute Gasteiger partial charge is 0.477 e. The Bertz CT molecular complexity index is 438. The first-order valence-electron chi connectivity index (χ1n) is 5.93. The SMILES string of the molecule is CCOC(C)(C)CNc1c(C(=O)O)c(C)nn1C. The summed E-state index contributed by atoms with van der Waals surface area (Å²) in [7, 11) is 1.72. The van der Waals surface area contributed by atoms with Crippen LogP contribution in [0.15, 0.2) is 0 Å². The van der Waals surface area contributed by atoms with Gasteiger partial charge in [0.2, 0.25) is 0 Å². The Labute approximate surface area is 107 Å². The lowest BCUT2D eigenvalue weighted by molar-refractivity contribution is 0.000562. The van der Waals surface area contributed by atoms with Gasteiger partial charge in [-0.25, -0.2) is 4.79 Å². The monoisotopic (exact) mass is 255 g/mol. The Morgan fingerprint density at radius 3 is 2.67 bits per heavy atom. The molecular weight excluding hydrogens is 234 g/mol. The van der Waals surface area contributed by atoms with Crippen LogP contribution in [0.5, 0.6) is 0 Å². The maximum atomic E-state index is 11.2. The second-order valence-corrected chi connectivity index (χ2v) is 4.78. The lowest BCUT2D eigenvalue weighted by atomic mass is 10.1.